The first-order valence-electron chi connectivity index (χ1n) is 6.44. The van der Waals surface area contributed by atoms with Crippen LogP contribution in [0.3, 0.4) is 0 Å². The number of rotatable bonds is 12. The Hall–Kier alpha value is -0.160. The monoisotopic (exact) mass is 234 g/mol. The molecule has 0 rings (SSSR count). The van der Waals surface area contributed by atoms with Crippen molar-refractivity contribution < 1.29 is 20.2 Å². The van der Waals surface area contributed by atoms with E-state index in [1.807, 2.05) is 6.92 Å². The molecule has 1 unspecified atom stereocenters. The summed E-state index contributed by atoms with van der Waals surface area (Å²) in [5, 5.41) is 15.2. The summed E-state index contributed by atoms with van der Waals surface area (Å²) in [6.45, 7) is 4.12. The highest BCUT2D eigenvalue weighted by Crippen LogP contribution is 2.11. The smallest absolute Gasteiger partial charge is 0.0934 e. The molecule has 0 spiro atoms. The maximum absolute atomic E-state index is 7.88. The van der Waals surface area contributed by atoms with Gasteiger partial charge in [0, 0.05) is 0 Å². The zero-order chi connectivity index (χ0) is 12.1. The third-order valence-electron chi connectivity index (χ3n) is 2.70. The topological polar surface area (TPSA) is 47.9 Å². The number of hydrogen-bond donors (Lipinski definition) is 1. The third-order valence-corrected chi connectivity index (χ3v) is 2.70. The van der Waals surface area contributed by atoms with Crippen LogP contribution in [0.2, 0.25) is 0 Å². The van der Waals surface area contributed by atoms with Gasteiger partial charge in [0.15, 0.2) is 0 Å². The molecule has 4 nitrogen and oxygen atoms in total. The van der Waals surface area contributed by atoms with Crippen molar-refractivity contribution in [2.75, 3.05) is 0 Å². The summed E-state index contributed by atoms with van der Waals surface area (Å²) in [4.78, 5) is 4.68. The van der Waals surface area contributed by atoms with Crippen molar-refractivity contribution in [1.82, 2.24) is 0 Å². The standard InChI is InChI=1S/C12H26O4/c1-3-4-5-6-7-8-9-10-11-12(2)14-16-15-13/h12-13H,3-11H2,1-2H3. The highest BCUT2D eigenvalue weighted by atomic mass is 17.6. The van der Waals surface area contributed by atoms with Gasteiger partial charge in [0.05, 0.1) is 6.10 Å². The first kappa shape index (κ1) is 15.8. The second-order valence-electron chi connectivity index (χ2n) is 4.31. The normalized spacial score (nSPS) is 12.9. The van der Waals surface area contributed by atoms with Gasteiger partial charge in [0.2, 0.25) is 0 Å². The van der Waals surface area contributed by atoms with Crippen LogP contribution in [0.1, 0.15) is 71.6 Å². The summed E-state index contributed by atoms with van der Waals surface area (Å²) in [6.07, 6.45) is 11.3. The highest BCUT2D eigenvalue weighted by molar-refractivity contribution is 4.50. The van der Waals surface area contributed by atoms with Crippen molar-refractivity contribution in [3.8, 4) is 0 Å². The Kier molecular flexibility index (Phi) is 12.8. The molecule has 0 aromatic heterocycles. The molecular weight excluding hydrogens is 208 g/mol. The summed E-state index contributed by atoms with van der Waals surface area (Å²) in [5.74, 6) is 0. The minimum atomic E-state index is -0.0350. The van der Waals surface area contributed by atoms with E-state index in [2.05, 4.69) is 21.9 Å². The molecule has 0 saturated heterocycles. The molecule has 0 heterocycles. The molecule has 0 aromatic rings. The van der Waals surface area contributed by atoms with Crippen LogP contribution in [-0.4, -0.2) is 11.4 Å². The Morgan fingerprint density at radius 1 is 0.938 bits per heavy atom. The lowest BCUT2D eigenvalue weighted by Crippen LogP contribution is -2.08. The van der Waals surface area contributed by atoms with Gasteiger partial charge in [-0.05, 0) is 23.4 Å². The second-order valence-corrected chi connectivity index (χ2v) is 4.31. The van der Waals surface area contributed by atoms with Gasteiger partial charge in [-0.15, -0.1) is 0 Å². The molecule has 0 aromatic carbocycles. The zero-order valence-electron chi connectivity index (χ0n) is 10.6. The van der Waals surface area contributed by atoms with E-state index in [4.69, 9.17) is 5.26 Å². The van der Waals surface area contributed by atoms with Crippen molar-refractivity contribution in [2.24, 2.45) is 0 Å². The Morgan fingerprint density at radius 2 is 1.50 bits per heavy atom. The molecule has 98 valence electrons. The molecule has 1 N–H and O–H groups in total. The van der Waals surface area contributed by atoms with Crippen LogP contribution >= 0.6 is 0 Å². The predicted octanol–water partition coefficient (Wildman–Crippen LogP) is 4.26. The fraction of sp³-hybridized carbons (Fsp3) is 1.00. The molecular formula is C12H26O4. The molecule has 0 bridgehead atoms. The number of unbranched alkanes of at least 4 members (excludes halogenated alkanes) is 7. The van der Waals surface area contributed by atoms with Gasteiger partial charge in [-0.1, -0.05) is 58.3 Å². The van der Waals surface area contributed by atoms with Gasteiger partial charge in [0.25, 0.3) is 0 Å². The van der Waals surface area contributed by atoms with E-state index in [1.165, 1.54) is 44.9 Å². The van der Waals surface area contributed by atoms with Crippen LogP contribution in [0.5, 0.6) is 0 Å². The molecule has 16 heavy (non-hydrogen) atoms. The van der Waals surface area contributed by atoms with E-state index in [0.29, 0.717) is 0 Å². The number of hydrogen-bond acceptors (Lipinski definition) is 4. The van der Waals surface area contributed by atoms with E-state index < -0.39 is 0 Å². The van der Waals surface area contributed by atoms with E-state index >= 15 is 0 Å². The lowest BCUT2D eigenvalue weighted by Gasteiger charge is -2.08. The van der Waals surface area contributed by atoms with Crippen LogP contribution < -0.4 is 0 Å². The van der Waals surface area contributed by atoms with Gasteiger partial charge in [0.1, 0.15) is 0 Å². The molecule has 0 aliphatic carbocycles. The lowest BCUT2D eigenvalue weighted by molar-refractivity contribution is -0.630. The SMILES string of the molecule is CCCCCCCCCCC(C)OOOO. The average Bonchev–Trinajstić information content (AvgIpc) is 2.30. The van der Waals surface area contributed by atoms with Crippen LogP contribution in [0, 0.1) is 0 Å². The Balaban J connectivity index is 3.02. The van der Waals surface area contributed by atoms with E-state index in [9.17, 15) is 0 Å². The van der Waals surface area contributed by atoms with Crippen LogP contribution in [-0.2, 0) is 15.0 Å². The third kappa shape index (κ3) is 11.9. The minimum absolute atomic E-state index is 0.0350. The predicted molar refractivity (Wildman–Crippen MR) is 62.6 cm³/mol. The van der Waals surface area contributed by atoms with Crippen molar-refractivity contribution >= 4 is 0 Å². The molecule has 0 amide bonds. The summed E-state index contributed by atoms with van der Waals surface area (Å²) in [7, 11) is 0. The minimum Gasteiger partial charge on any atom is -0.219 e. The van der Waals surface area contributed by atoms with Gasteiger partial charge >= 0.3 is 0 Å². The summed E-state index contributed by atoms with van der Waals surface area (Å²) in [6, 6.07) is 0. The quantitative estimate of drug-likeness (QED) is 0.311. The molecule has 0 aliphatic rings. The van der Waals surface area contributed by atoms with Crippen molar-refractivity contribution in [1.29, 1.82) is 0 Å². The highest BCUT2D eigenvalue weighted by Gasteiger charge is 2.03. The van der Waals surface area contributed by atoms with Crippen molar-refractivity contribution in [2.45, 2.75) is 77.7 Å². The van der Waals surface area contributed by atoms with Gasteiger partial charge < -0.3 is 0 Å². The Labute approximate surface area is 98.7 Å². The summed E-state index contributed by atoms with van der Waals surface area (Å²) >= 11 is 0. The fourth-order valence-electron chi connectivity index (χ4n) is 1.70. The van der Waals surface area contributed by atoms with E-state index in [-0.39, 0.29) is 6.10 Å². The maximum Gasteiger partial charge on any atom is 0.0934 e. The lowest BCUT2D eigenvalue weighted by atomic mass is 10.1. The molecule has 1 atom stereocenters. The summed E-state index contributed by atoms with van der Waals surface area (Å²) < 4.78 is 0. The van der Waals surface area contributed by atoms with Crippen molar-refractivity contribution in [3.63, 3.8) is 0 Å². The molecule has 0 fully saturated rings. The molecule has 0 radical (unpaired) electrons. The van der Waals surface area contributed by atoms with Crippen LogP contribution in [0.4, 0.5) is 0 Å². The van der Waals surface area contributed by atoms with E-state index in [0.717, 1.165) is 12.8 Å². The van der Waals surface area contributed by atoms with E-state index in [1.54, 1.807) is 0 Å². The van der Waals surface area contributed by atoms with Gasteiger partial charge in [-0.3, -0.25) is 0 Å². The molecule has 0 saturated carbocycles. The zero-order valence-corrected chi connectivity index (χ0v) is 10.6. The molecule has 4 heteroatoms. The van der Waals surface area contributed by atoms with Crippen molar-refractivity contribution in [3.05, 3.63) is 0 Å². The first-order valence-corrected chi connectivity index (χ1v) is 6.44. The summed E-state index contributed by atoms with van der Waals surface area (Å²) in [5.41, 5.74) is 0. The van der Waals surface area contributed by atoms with Gasteiger partial charge in [-0.25, -0.2) is 10.1 Å². The molecule has 0 aliphatic heterocycles. The average molecular weight is 234 g/mol. The first-order chi connectivity index (χ1) is 7.81. The van der Waals surface area contributed by atoms with Crippen LogP contribution in [0.15, 0.2) is 0 Å². The second kappa shape index (κ2) is 12.9. The van der Waals surface area contributed by atoms with Crippen LogP contribution in [0.25, 0.3) is 0 Å². The maximum atomic E-state index is 7.88. The Morgan fingerprint density at radius 3 is 2.06 bits per heavy atom. The fourth-order valence-corrected chi connectivity index (χ4v) is 1.70. The van der Waals surface area contributed by atoms with Gasteiger partial charge in [-0.2, -0.15) is 0 Å². The Bertz CT molecular complexity index is 130. The largest absolute Gasteiger partial charge is 0.219 e.